The number of aryl methyl sites for hydroxylation is 2. The second kappa shape index (κ2) is 6.99. The van der Waals surface area contributed by atoms with Crippen LogP contribution in [0.1, 0.15) is 41.4 Å². The van der Waals surface area contributed by atoms with Crippen molar-refractivity contribution in [1.29, 1.82) is 0 Å². The van der Waals surface area contributed by atoms with Crippen LogP contribution in [0, 0.1) is 19.8 Å². The monoisotopic (exact) mass is 324 g/mol. The van der Waals surface area contributed by atoms with E-state index in [0.717, 1.165) is 30.8 Å². The van der Waals surface area contributed by atoms with E-state index in [1.807, 2.05) is 25.1 Å². The lowest BCUT2D eigenvalue weighted by Crippen LogP contribution is -2.35. The second-order valence-corrected chi connectivity index (χ2v) is 6.69. The molecular weight excluding hydrogens is 300 g/mol. The van der Waals surface area contributed by atoms with E-state index in [4.69, 9.17) is 0 Å². The molecule has 3 rings (SSSR count). The van der Waals surface area contributed by atoms with Crippen molar-refractivity contribution in [2.75, 3.05) is 23.3 Å². The molecule has 1 saturated heterocycles. The molecule has 2 heterocycles. The third kappa shape index (κ3) is 3.72. The van der Waals surface area contributed by atoms with E-state index in [1.165, 1.54) is 12.0 Å². The first-order valence-corrected chi connectivity index (χ1v) is 8.49. The maximum atomic E-state index is 12.5. The summed E-state index contributed by atoms with van der Waals surface area (Å²) in [5.74, 6) is 1.08. The molecule has 0 bridgehead atoms. The Bertz CT molecular complexity index is 744. The summed E-state index contributed by atoms with van der Waals surface area (Å²) in [6.45, 7) is 8.22. The van der Waals surface area contributed by atoms with E-state index in [2.05, 4.69) is 34.0 Å². The highest BCUT2D eigenvalue weighted by Gasteiger charge is 2.19. The molecular formula is C19H24N4O. The molecule has 126 valence electrons. The van der Waals surface area contributed by atoms with Crippen LogP contribution in [0.2, 0.25) is 0 Å². The SMILES string of the molecule is Cc1ccc(NC(=O)c2ccnc(N3CCCC(C)C3)n2)cc1C. The van der Waals surface area contributed by atoms with Gasteiger partial charge in [0.2, 0.25) is 5.95 Å². The van der Waals surface area contributed by atoms with Gasteiger partial charge in [0.05, 0.1) is 0 Å². The number of hydrogen-bond acceptors (Lipinski definition) is 4. The van der Waals surface area contributed by atoms with Gasteiger partial charge in [0, 0.05) is 25.0 Å². The van der Waals surface area contributed by atoms with Gasteiger partial charge >= 0.3 is 0 Å². The number of carbonyl (C=O) groups is 1. The van der Waals surface area contributed by atoms with E-state index in [0.29, 0.717) is 17.6 Å². The van der Waals surface area contributed by atoms with Crippen LogP contribution in [-0.2, 0) is 0 Å². The van der Waals surface area contributed by atoms with Gasteiger partial charge in [-0.15, -0.1) is 0 Å². The molecule has 0 radical (unpaired) electrons. The molecule has 5 nitrogen and oxygen atoms in total. The van der Waals surface area contributed by atoms with Gasteiger partial charge in [0.25, 0.3) is 5.91 Å². The summed E-state index contributed by atoms with van der Waals surface area (Å²) in [7, 11) is 0. The number of rotatable bonds is 3. The molecule has 1 aromatic carbocycles. The average Bonchev–Trinajstić information content (AvgIpc) is 2.58. The fourth-order valence-corrected chi connectivity index (χ4v) is 3.01. The van der Waals surface area contributed by atoms with Gasteiger partial charge < -0.3 is 10.2 Å². The zero-order valence-electron chi connectivity index (χ0n) is 14.5. The lowest BCUT2D eigenvalue weighted by Gasteiger charge is -2.30. The zero-order valence-corrected chi connectivity index (χ0v) is 14.5. The number of amides is 1. The maximum absolute atomic E-state index is 12.5. The predicted octanol–water partition coefficient (Wildman–Crippen LogP) is 3.58. The number of carbonyl (C=O) groups excluding carboxylic acids is 1. The smallest absolute Gasteiger partial charge is 0.274 e. The van der Waals surface area contributed by atoms with E-state index >= 15 is 0 Å². The largest absolute Gasteiger partial charge is 0.341 e. The lowest BCUT2D eigenvalue weighted by atomic mass is 10.0. The molecule has 5 heteroatoms. The van der Waals surface area contributed by atoms with Crippen molar-refractivity contribution in [3.8, 4) is 0 Å². The summed E-state index contributed by atoms with van der Waals surface area (Å²) >= 11 is 0. The normalized spacial score (nSPS) is 17.6. The summed E-state index contributed by atoms with van der Waals surface area (Å²) in [5.41, 5.74) is 3.54. The lowest BCUT2D eigenvalue weighted by molar-refractivity contribution is 0.102. The minimum absolute atomic E-state index is 0.202. The van der Waals surface area contributed by atoms with Crippen molar-refractivity contribution in [2.45, 2.75) is 33.6 Å². The number of hydrogen-bond donors (Lipinski definition) is 1. The first-order valence-electron chi connectivity index (χ1n) is 8.49. The Morgan fingerprint density at radius 2 is 2.08 bits per heavy atom. The standard InChI is InChI=1S/C19H24N4O/c1-13-5-4-10-23(12-13)19-20-9-8-17(22-19)18(24)21-16-7-6-14(2)15(3)11-16/h6-9,11,13H,4-5,10,12H2,1-3H3,(H,21,24). The second-order valence-electron chi connectivity index (χ2n) is 6.69. The molecule has 1 aromatic heterocycles. The third-order valence-electron chi connectivity index (χ3n) is 4.58. The molecule has 1 amide bonds. The molecule has 24 heavy (non-hydrogen) atoms. The molecule has 0 saturated carbocycles. The van der Waals surface area contributed by atoms with Crippen LogP contribution in [0.25, 0.3) is 0 Å². The Labute approximate surface area is 143 Å². The van der Waals surface area contributed by atoms with Gasteiger partial charge in [-0.2, -0.15) is 0 Å². The van der Waals surface area contributed by atoms with Gasteiger partial charge in [0.15, 0.2) is 0 Å². The Balaban J connectivity index is 1.75. The molecule has 1 aliphatic heterocycles. The number of piperidine rings is 1. The van der Waals surface area contributed by atoms with Gasteiger partial charge in [-0.1, -0.05) is 13.0 Å². The highest BCUT2D eigenvalue weighted by molar-refractivity contribution is 6.03. The van der Waals surface area contributed by atoms with E-state index in [-0.39, 0.29) is 5.91 Å². The van der Waals surface area contributed by atoms with E-state index < -0.39 is 0 Å². The fourth-order valence-electron chi connectivity index (χ4n) is 3.01. The summed E-state index contributed by atoms with van der Waals surface area (Å²) < 4.78 is 0. The van der Waals surface area contributed by atoms with Crippen molar-refractivity contribution >= 4 is 17.5 Å². The van der Waals surface area contributed by atoms with Gasteiger partial charge in [-0.05, 0) is 61.9 Å². The average molecular weight is 324 g/mol. The van der Waals surface area contributed by atoms with Crippen LogP contribution in [-0.4, -0.2) is 29.0 Å². The molecule has 1 N–H and O–H groups in total. The zero-order chi connectivity index (χ0) is 17.1. The van der Waals surface area contributed by atoms with Gasteiger partial charge in [-0.3, -0.25) is 4.79 Å². The van der Waals surface area contributed by atoms with Crippen LogP contribution in [0.15, 0.2) is 30.5 Å². The van der Waals surface area contributed by atoms with E-state index in [9.17, 15) is 4.79 Å². The Hall–Kier alpha value is -2.43. The molecule has 0 aliphatic carbocycles. The van der Waals surface area contributed by atoms with Crippen molar-refractivity contribution in [3.05, 3.63) is 47.3 Å². The molecule has 0 spiro atoms. The minimum atomic E-state index is -0.202. The number of anilines is 2. The topological polar surface area (TPSA) is 58.1 Å². The highest BCUT2D eigenvalue weighted by Crippen LogP contribution is 2.20. The van der Waals surface area contributed by atoms with Crippen molar-refractivity contribution < 1.29 is 4.79 Å². The Morgan fingerprint density at radius 3 is 2.83 bits per heavy atom. The first kappa shape index (κ1) is 16.4. The summed E-state index contributed by atoms with van der Waals surface area (Å²) in [4.78, 5) is 23.5. The Morgan fingerprint density at radius 1 is 1.25 bits per heavy atom. The summed E-state index contributed by atoms with van der Waals surface area (Å²) in [6, 6.07) is 7.55. The highest BCUT2D eigenvalue weighted by atomic mass is 16.1. The van der Waals surface area contributed by atoms with Crippen LogP contribution >= 0.6 is 0 Å². The molecule has 1 atom stereocenters. The first-order chi connectivity index (χ1) is 11.5. The summed E-state index contributed by atoms with van der Waals surface area (Å²) in [5, 5.41) is 2.92. The quantitative estimate of drug-likeness (QED) is 0.937. The van der Waals surface area contributed by atoms with Crippen molar-refractivity contribution in [3.63, 3.8) is 0 Å². The minimum Gasteiger partial charge on any atom is -0.341 e. The maximum Gasteiger partial charge on any atom is 0.274 e. The number of nitrogens with one attached hydrogen (secondary N) is 1. The number of nitrogens with zero attached hydrogens (tertiary/aromatic N) is 3. The molecule has 1 fully saturated rings. The van der Waals surface area contributed by atoms with Crippen LogP contribution < -0.4 is 10.2 Å². The van der Waals surface area contributed by atoms with Crippen LogP contribution in [0.4, 0.5) is 11.6 Å². The van der Waals surface area contributed by atoms with Crippen LogP contribution in [0.5, 0.6) is 0 Å². The third-order valence-corrected chi connectivity index (χ3v) is 4.58. The molecule has 1 unspecified atom stereocenters. The van der Waals surface area contributed by atoms with Gasteiger partial charge in [-0.25, -0.2) is 9.97 Å². The molecule has 1 aliphatic rings. The number of aromatic nitrogens is 2. The van der Waals surface area contributed by atoms with E-state index in [1.54, 1.807) is 12.3 Å². The van der Waals surface area contributed by atoms with Gasteiger partial charge in [0.1, 0.15) is 5.69 Å². The summed E-state index contributed by atoms with van der Waals surface area (Å²) in [6.07, 6.45) is 4.05. The van der Waals surface area contributed by atoms with Crippen molar-refractivity contribution in [2.24, 2.45) is 5.92 Å². The molecule has 2 aromatic rings. The fraction of sp³-hybridized carbons (Fsp3) is 0.421. The predicted molar refractivity (Wildman–Crippen MR) is 96.5 cm³/mol. The Kier molecular flexibility index (Phi) is 4.79. The number of benzene rings is 1. The van der Waals surface area contributed by atoms with Crippen LogP contribution in [0.3, 0.4) is 0 Å². The van der Waals surface area contributed by atoms with Crippen molar-refractivity contribution in [1.82, 2.24) is 9.97 Å².